The van der Waals surface area contributed by atoms with Gasteiger partial charge in [0.1, 0.15) is 33.5 Å². The molecule has 6 N–H and O–H groups in total. The molecule has 456 valence electrons. The van der Waals surface area contributed by atoms with Gasteiger partial charge in [0.25, 0.3) is 0 Å². The van der Waals surface area contributed by atoms with Crippen LogP contribution in [-0.4, -0.2) is 117 Å². The van der Waals surface area contributed by atoms with Crippen LogP contribution in [0.5, 0.6) is 46.0 Å². The number of Topliss-reactive ketones (excluding diaryl/α,β-unsaturated/α-hetero) is 6. The lowest BCUT2D eigenvalue weighted by atomic mass is 9.64. The van der Waals surface area contributed by atoms with Gasteiger partial charge in [-0.25, -0.2) is 9.59 Å². The number of esters is 2. The van der Waals surface area contributed by atoms with Gasteiger partial charge < -0.3 is 59.1 Å². The zero-order valence-corrected chi connectivity index (χ0v) is 49.0. The molecule has 6 aromatic rings. The molecular formula is C68H64O20. The highest BCUT2D eigenvalue weighted by Gasteiger charge is 2.75. The number of phenolic OH excluding ortho intramolecular Hbond substituents is 4. The molecule has 2 heterocycles. The molecule has 0 amide bonds. The molecule has 0 unspecified atom stereocenters. The van der Waals surface area contributed by atoms with Crippen LogP contribution in [-0.2, 0) is 76.8 Å². The molecule has 20 nitrogen and oxygen atoms in total. The minimum atomic E-state index is -2.92. The maximum absolute atomic E-state index is 14.2. The third kappa shape index (κ3) is 10.1. The molecule has 0 bridgehead atoms. The highest BCUT2D eigenvalue weighted by Crippen LogP contribution is 2.61. The van der Waals surface area contributed by atoms with Crippen molar-refractivity contribution in [3.63, 3.8) is 0 Å². The summed E-state index contributed by atoms with van der Waals surface area (Å²) in [5, 5.41) is 68.3. The largest absolute Gasteiger partial charge is 0.504 e. The summed E-state index contributed by atoms with van der Waals surface area (Å²) in [5.41, 5.74) is -9.38. The van der Waals surface area contributed by atoms with E-state index in [0.717, 1.165) is 50.7 Å². The van der Waals surface area contributed by atoms with E-state index in [1.54, 1.807) is 72.8 Å². The predicted octanol–water partition coefficient (Wildman–Crippen LogP) is 7.61. The predicted molar refractivity (Wildman–Crippen MR) is 313 cm³/mol. The van der Waals surface area contributed by atoms with E-state index in [1.807, 2.05) is 48.5 Å². The Morgan fingerprint density at radius 3 is 0.989 bits per heavy atom. The summed E-state index contributed by atoms with van der Waals surface area (Å²) in [4.78, 5) is 112. The zero-order valence-electron chi connectivity index (χ0n) is 49.0. The molecular weight excluding hydrogens is 1140 g/mol. The van der Waals surface area contributed by atoms with E-state index in [2.05, 4.69) is 0 Å². The maximum Gasteiger partial charge on any atom is 0.353 e. The van der Waals surface area contributed by atoms with Crippen LogP contribution in [0.4, 0.5) is 0 Å². The molecule has 20 heteroatoms. The number of rotatable bonds is 20. The second-order valence-corrected chi connectivity index (χ2v) is 21.8. The molecule has 0 spiro atoms. The second kappa shape index (κ2) is 24.8. The quantitative estimate of drug-likeness (QED) is 0.0141. The Labute approximate surface area is 505 Å². The number of ketones is 6. The lowest BCUT2D eigenvalue weighted by Gasteiger charge is -2.36. The first-order chi connectivity index (χ1) is 42.0. The number of allylic oxidation sites excluding steroid dienone is 2. The van der Waals surface area contributed by atoms with E-state index >= 15 is 0 Å². The highest BCUT2D eigenvalue weighted by molar-refractivity contribution is 6.25. The molecule has 6 aromatic carbocycles. The average Bonchev–Trinajstić information content (AvgIpc) is 1.53. The van der Waals surface area contributed by atoms with E-state index < -0.39 is 150 Å². The highest BCUT2D eigenvalue weighted by atomic mass is 16.6. The Morgan fingerprint density at radius 1 is 0.432 bits per heavy atom. The van der Waals surface area contributed by atoms with Crippen molar-refractivity contribution in [3.8, 4) is 46.0 Å². The smallest absolute Gasteiger partial charge is 0.353 e. The van der Waals surface area contributed by atoms with Crippen LogP contribution < -0.4 is 18.9 Å². The summed E-state index contributed by atoms with van der Waals surface area (Å²) in [5.74, 6) is -13.9. The van der Waals surface area contributed by atoms with Gasteiger partial charge in [0.15, 0.2) is 69.2 Å². The SMILES string of the molecule is COC1=C(C)C(=O)[C@@]2(C(=O)CCc3ccccc3)Cc3c(OC)c(O)c(O)c(C(=O)CCc4ccccc4)c3OC(=O)[C@@]12O.COC1=C(C)C(=O)[C@]2(C(=O)CCc3ccccc3)Cc3c(OC)c(O)c(O)c(C(=O)CCc4ccccc4)c3OC(=O)[C@]12O. The fraction of sp³-hybridized carbons (Fsp3) is 0.294. The zero-order chi connectivity index (χ0) is 63.6. The van der Waals surface area contributed by atoms with Crippen LogP contribution in [0.15, 0.2) is 144 Å². The van der Waals surface area contributed by atoms with E-state index in [1.165, 1.54) is 13.8 Å². The maximum atomic E-state index is 14.2. The number of ether oxygens (including phenoxy) is 6. The fourth-order valence-corrected chi connectivity index (χ4v) is 12.6. The molecule has 0 aromatic heterocycles. The number of aliphatic hydroxyl groups is 2. The Morgan fingerprint density at radius 2 is 0.716 bits per heavy atom. The first-order valence-electron chi connectivity index (χ1n) is 28.1. The normalized spacial score (nSPS) is 20.8. The van der Waals surface area contributed by atoms with E-state index in [-0.39, 0.29) is 73.6 Å². The van der Waals surface area contributed by atoms with Crippen LogP contribution in [0.1, 0.15) is 93.6 Å². The number of fused-ring (bicyclic) bond motifs is 4. The Balaban J connectivity index is 0.000000209. The Bertz CT molecular complexity index is 3640. The van der Waals surface area contributed by atoms with Crippen molar-refractivity contribution in [2.24, 2.45) is 10.8 Å². The topological polar surface area (TPSA) is 313 Å². The van der Waals surface area contributed by atoms with Crippen molar-refractivity contribution < 1.29 is 97.4 Å². The molecule has 0 radical (unpaired) electrons. The second-order valence-electron chi connectivity index (χ2n) is 21.8. The van der Waals surface area contributed by atoms with Crippen molar-refractivity contribution in [2.45, 2.75) is 89.3 Å². The van der Waals surface area contributed by atoms with E-state index in [0.29, 0.717) is 0 Å². The standard InChI is InChI=1S/2C34H32O10/c2*1-19-30(39)33(24(36)17-15-21-12-8-5-9-13-21)18-22-28(44-32(40)34(33,41)31(19)43-3)25(26(37)27(38)29(22)42-2)23(35)16-14-20-10-6-4-7-11-20/h2*4-13,37-38,41H,14-18H2,1-3H3/t2*33-,34-/m10/s1. The molecule has 10 rings (SSSR count). The van der Waals surface area contributed by atoms with Gasteiger partial charge in [0.05, 0.1) is 28.4 Å². The number of aryl methyl sites for hydroxylation is 4. The van der Waals surface area contributed by atoms with Gasteiger partial charge in [-0.05, 0) is 61.8 Å². The van der Waals surface area contributed by atoms with Gasteiger partial charge >= 0.3 is 11.9 Å². The number of carbonyl (C=O) groups is 8. The summed E-state index contributed by atoms with van der Waals surface area (Å²) >= 11 is 0. The minimum absolute atomic E-state index is 0.149. The summed E-state index contributed by atoms with van der Waals surface area (Å²) in [6.45, 7) is 2.66. The third-order valence-electron chi connectivity index (χ3n) is 17.1. The Hall–Kier alpha value is -9.92. The van der Waals surface area contributed by atoms with Crippen LogP contribution in [0.3, 0.4) is 0 Å². The van der Waals surface area contributed by atoms with Gasteiger partial charge in [-0.1, -0.05) is 121 Å². The first kappa shape index (κ1) is 62.6. The van der Waals surface area contributed by atoms with E-state index in [4.69, 9.17) is 28.4 Å². The van der Waals surface area contributed by atoms with Crippen molar-refractivity contribution in [2.75, 3.05) is 28.4 Å². The number of hydrogen-bond donors (Lipinski definition) is 6. The van der Waals surface area contributed by atoms with Gasteiger partial charge in [-0.2, -0.15) is 0 Å². The molecule has 4 atom stereocenters. The van der Waals surface area contributed by atoms with Gasteiger partial charge in [-0.15, -0.1) is 0 Å². The molecule has 88 heavy (non-hydrogen) atoms. The number of carbonyl (C=O) groups excluding carboxylic acids is 8. The van der Waals surface area contributed by atoms with Crippen molar-refractivity contribution in [1.82, 2.24) is 0 Å². The van der Waals surface area contributed by atoms with Gasteiger partial charge in [-0.3, -0.25) is 28.8 Å². The first-order valence-corrected chi connectivity index (χ1v) is 28.1. The average molecular weight is 1200 g/mol. The lowest BCUT2D eigenvalue weighted by Crippen LogP contribution is -2.61. The number of aromatic hydroxyl groups is 4. The monoisotopic (exact) mass is 1200 g/mol. The molecule has 0 saturated heterocycles. The van der Waals surface area contributed by atoms with Crippen LogP contribution >= 0.6 is 0 Å². The lowest BCUT2D eigenvalue weighted by molar-refractivity contribution is -0.174. The number of hydrogen-bond acceptors (Lipinski definition) is 20. The molecule has 2 aliphatic carbocycles. The van der Waals surface area contributed by atoms with Crippen LogP contribution in [0, 0.1) is 10.8 Å². The number of benzene rings is 6. The van der Waals surface area contributed by atoms with Crippen molar-refractivity contribution in [1.29, 1.82) is 0 Å². The van der Waals surface area contributed by atoms with Crippen LogP contribution in [0.2, 0.25) is 0 Å². The van der Waals surface area contributed by atoms with Crippen molar-refractivity contribution >= 4 is 46.6 Å². The van der Waals surface area contributed by atoms with Gasteiger partial charge in [0, 0.05) is 60.8 Å². The Kier molecular flexibility index (Phi) is 17.7. The summed E-state index contributed by atoms with van der Waals surface area (Å²) in [7, 11) is 4.62. The third-order valence-corrected chi connectivity index (χ3v) is 17.1. The number of phenols is 4. The minimum Gasteiger partial charge on any atom is -0.504 e. The summed E-state index contributed by atoms with van der Waals surface area (Å²) in [6.07, 6.45) is -1.30. The molecule has 2 aliphatic heterocycles. The molecule has 4 aliphatic rings. The van der Waals surface area contributed by atoms with E-state index in [9.17, 15) is 69.0 Å². The molecule has 0 fully saturated rings. The fourth-order valence-electron chi connectivity index (χ4n) is 12.6. The summed E-state index contributed by atoms with van der Waals surface area (Å²) in [6, 6.07) is 36.1. The molecule has 0 saturated carbocycles. The number of methoxy groups -OCH3 is 4. The van der Waals surface area contributed by atoms with Gasteiger partial charge in [0.2, 0.25) is 22.7 Å². The van der Waals surface area contributed by atoms with Crippen molar-refractivity contribution in [3.05, 3.63) is 188 Å². The van der Waals surface area contributed by atoms with Crippen LogP contribution in [0.25, 0.3) is 0 Å². The summed E-state index contributed by atoms with van der Waals surface area (Å²) < 4.78 is 32.7.